The monoisotopic (exact) mass is 392 g/mol. The third-order valence-corrected chi connectivity index (χ3v) is 5.55. The van der Waals surface area contributed by atoms with Gasteiger partial charge in [0.2, 0.25) is 0 Å². The van der Waals surface area contributed by atoms with E-state index >= 15 is 0 Å². The van der Waals surface area contributed by atoms with Crippen molar-refractivity contribution < 1.29 is 14.3 Å². The highest BCUT2D eigenvalue weighted by molar-refractivity contribution is 7.13. The first-order valence-corrected chi connectivity index (χ1v) is 10.2. The molecule has 2 heterocycles. The van der Waals surface area contributed by atoms with Crippen molar-refractivity contribution in [2.45, 2.75) is 31.8 Å². The van der Waals surface area contributed by atoms with E-state index < -0.39 is 12.1 Å². The number of carbonyl (C=O) groups excluding carboxylic acids is 2. The van der Waals surface area contributed by atoms with Crippen LogP contribution in [-0.2, 0) is 14.3 Å². The Balaban J connectivity index is 1.57. The summed E-state index contributed by atoms with van der Waals surface area (Å²) in [4.78, 5) is 25.1. The number of nitrogens with zero attached hydrogens (tertiary/aromatic N) is 2. The van der Waals surface area contributed by atoms with Gasteiger partial charge in [-0.05, 0) is 48.9 Å². The van der Waals surface area contributed by atoms with Gasteiger partial charge in [-0.15, -0.1) is 11.3 Å². The molecule has 0 bridgehead atoms. The molecule has 1 aliphatic carbocycles. The number of carbonyl (C=O) groups is 2. The molecular weight excluding hydrogens is 372 g/mol. The molecule has 0 amide bonds. The molecule has 5 nitrogen and oxygen atoms in total. The molecule has 1 aromatic carbocycles. The van der Waals surface area contributed by atoms with Gasteiger partial charge in [-0.2, -0.15) is 5.10 Å². The first kappa shape index (κ1) is 18.4. The fourth-order valence-electron chi connectivity index (χ4n) is 3.24. The molecule has 0 saturated heterocycles. The largest absolute Gasteiger partial charge is 0.451 e. The molecule has 4 rings (SSSR count). The number of aromatic nitrogens is 2. The zero-order valence-corrected chi connectivity index (χ0v) is 16.1. The van der Waals surface area contributed by atoms with E-state index in [2.05, 4.69) is 0 Å². The summed E-state index contributed by atoms with van der Waals surface area (Å²) in [5, 5.41) is 6.69. The standard InChI is InChI=1S/C22H20N2O3S/c25-18-9-4-5-10-19(18)27-21(26)13-12-16-15-24(17-7-2-1-3-8-17)23-22(16)20-11-6-14-28-20/h1-3,6-8,11-15,19H,4-5,9-10H2/b13-12+/t19-/m0/s1. The van der Waals surface area contributed by atoms with E-state index in [1.807, 2.05) is 54.0 Å². The molecule has 28 heavy (non-hydrogen) atoms. The lowest BCUT2D eigenvalue weighted by molar-refractivity contribution is -0.152. The summed E-state index contributed by atoms with van der Waals surface area (Å²) in [6.07, 6.45) is 7.28. The van der Waals surface area contributed by atoms with Crippen LogP contribution in [0.2, 0.25) is 0 Å². The second-order valence-electron chi connectivity index (χ2n) is 6.66. The van der Waals surface area contributed by atoms with E-state index in [-0.39, 0.29) is 5.78 Å². The van der Waals surface area contributed by atoms with Crippen LogP contribution in [0.4, 0.5) is 0 Å². The molecule has 0 unspecified atom stereocenters. The van der Waals surface area contributed by atoms with Crippen molar-refractivity contribution in [2.75, 3.05) is 0 Å². The van der Waals surface area contributed by atoms with E-state index in [4.69, 9.17) is 9.84 Å². The van der Waals surface area contributed by atoms with Crippen LogP contribution in [0.3, 0.4) is 0 Å². The van der Waals surface area contributed by atoms with Gasteiger partial charge in [0.05, 0.1) is 10.6 Å². The molecule has 1 fully saturated rings. The highest BCUT2D eigenvalue weighted by atomic mass is 32.1. The van der Waals surface area contributed by atoms with E-state index in [0.717, 1.165) is 34.7 Å². The summed E-state index contributed by atoms with van der Waals surface area (Å²) in [7, 11) is 0. The number of benzene rings is 1. The summed E-state index contributed by atoms with van der Waals surface area (Å²) in [6, 6.07) is 13.8. The Hall–Kier alpha value is -2.99. The summed E-state index contributed by atoms with van der Waals surface area (Å²) in [5.74, 6) is -0.478. The smallest absolute Gasteiger partial charge is 0.331 e. The fourth-order valence-corrected chi connectivity index (χ4v) is 3.97. The number of ether oxygens (including phenoxy) is 1. The van der Waals surface area contributed by atoms with Gasteiger partial charge in [-0.25, -0.2) is 9.48 Å². The van der Waals surface area contributed by atoms with Crippen LogP contribution in [-0.4, -0.2) is 27.6 Å². The molecule has 0 radical (unpaired) electrons. The van der Waals surface area contributed by atoms with Gasteiger partial charge in [-0.3, -0.25) is 4.79 Å². The molecule has 3 aromatic rings. The maximum Gasteiger partial charge on any atom is 0.331 e. The van der Waals surface area contributed by atoms with Gasteiger partial charge in [0, 0.05) is 24.3 Å². The fraction of sp³-hybridized carbons (Fsp3) is 0.227. The minimum absolute atomic E-state index is 0.0178. The van der Waals surface area contributed by atoms with Crippen LogP contribution in [0, 0.1) is 0 Å². The molecule has 1 atom stereocenters. The van der Waals surface area contributed by atoms with Crippen LogP contribution in [0.25, 0.3) is 22.3 Å². The Labute approximate surface area is 167 Å². The number of hydrogen-bond donors (Lipinski definition) is 0. The zero-order valence-electron chi connectivity index (χ0n) is 15.3. The summed E-state index contributed by atoms with van der Waals surface area (Å²) in [5.41, 5.74) is 2.56. The van der Waals surface area contributed by atoms with Crippen LogP contribution in [0.15, 0.2) is 60.1 Å². The molecule has 1 saturated carbocycles. The SMILES string of the molecule is O=C(/C=C/c1cn(-c2ccccc2)nc1-c1cccs1)O[C@H]1CCCCC1=O. The average molecular weight is 392 g/mol. The number of Topliss-reactive ketones (excluding diaryl/α,β-unsaturated/α-hetero) is 1. The minimum Gasteiger partial charge on any atom is -0.451 e. The summed E-state index contributed by atoms with van der Waals surface area (Å²) >= 11 is 1.59. The first-order chi connectivity index (χ1) is 13.7. The maximum atomic E-state index is 12.2. The molecule has 0 aliphatic heterocycles. The Morgan fingerprint density at radius 3 is 2.79 bits per heavy atom. The molecule has 2 aromatic heterocycles. The maximum absolute atomic E-state index is 12.2. The van der Waals surface area contributed by atoms with Crippen molar-refractivity contribution in [1.29, 1.82) is 0 Å². The van der Waals surface area contributed by atoms with Crippen LogP contribution < -0.4 is 0 Å². The van der Waals surface area contributed by atoms with E-state index in [0.29, 0.717) is 12.8 Å². The highest BCUT2D eigenvalue weighted by Crippen LogP contribution is 2.28. The number of hydrogen-bond acceptors (Lipinski definition) is 5. The predicted octanol–water partition coefficient (Wildman–Crippen LogP) is 4.67. The number of thiophene rings is 1. The summed E-state index contributed by atoms with van der Waals surface area (Å²) < 4.78 is 7.14. The van der Waals surface area contributed by atoms with Crippen molar-refractivity contribution in [3.05, 3.63) is 65.7 Å². The second-order valence-corrected chi connectivity index (χ2v) is 7.61. The number of rotatable bonds is 5. The molecule has 1 aliphatic rings. The zero-order chi connectivity index (χ0) is 19.3. The minimum atomic E-state index is -0.602. The topological polar surface area (TPSA) is 61.2 Å². The Kier molecular flexibility index (Phi) is 5.48. The number of ketones is 1. The van der Waals surface area contributed by atoms with Gasteiger partial charge in [0.1, 0.15) is 5.69 Å². The van der Waals surface area contributed by atoms with Crippen molar-refractivity contribution in [2.24, 2.45) is 0 Å². The molecule has 6 heteroatoms. The quantitative estimate of drug-likeness (QED) is 0.468. The van der Waals surface area contributed by atoms with Gasteiger partial charge in [0.25, 0.3) is 0 Å². The van der Waals surface area contributed by atoms with Crippen molar-refractivity contribution in [1.82, 2.24) is 9.78 Å². The van der Waals surface area contributed by atoms with Gasteiger partial charge in [0.15, 0.2) is 11.9 Å². The number of esters is 1. The van der Waals surface area contributed by atoms with Crippen molar-refractivity contribution in [3.8, 4) is 16.3 Å². The van der Waals surface area contributed by atoms with E-state index in [1.54, 1.807) is 22.1 Å². The predicted molar refractivity (Wildman–Crippen MR) is 109 cm³/mol. The van der Waals surface area contributed by atoms with Crippen LogP contribution in [0.1, 0.15) is 31.2 Å². The van der Waals surface area contributed by atoms with E-state index in [9.17, 15) is 9.59 Å². The van der Waals surface area contributed by atoms with Crippen molar-refractivity contribution >= 4 is 29.2 Å². The van der Waals surface area contributed by atoms with Gasteiger partial charge >= 0.3 is 5.97 Å². The average Bonchev–Trinajstić information content (AvgIpc) is 3.38. The Morgan fingerprint density at radius 1 is 1.18 bits per heavy atom. The van der Waals surface area contributed by atoms with Gasteiger partial charge < -0.3 is 4.74 Å². The normalized spacial score (nSPS) is 17.1. The third kappa shape index (κ3) is 4.12. The molecular formula is C22H20N2O3S. The van der Waals surface area contributed by atoms with Crippen LogP contribution in [0.5, 0.6) is 0 Å². The lowest BCUT2D eigenvalue weighted by atomic mass is 9.96. The van der Waals surface area contributed by atoms with Crippen molar-refractivity contribution in [3.63, 3.8) is 0 Å². The third-order valence-electron chi connectivity index (χ3n) is 4.67. The van der Waals surface area contributed by atoms with Gasteiger partial charge in [-0.1, -0.05) is 24.3 Å². The number of para-hydroxylation sites is 1. The molecule has 0 spiro atoms. The first-order valence-electron chi connectivity index (χ1n) is 9.31. The lowest BCUT2D eigenvalue weighted by Crippen LogP contribution is -2.29. The summed E-state index contributed by atoms with van der Waals surface area (Å²) in [6.45, 7) is 0. The second kappa shape index (κ2) is 8.35. The highest BCUT2D eigenvalue weighted by Gasteiger charge is 2.25. The van der Waals surface area contributed by atoms with Crippen LogP contribution >= 0.6 is 11.3 Å². The lowest BCUT2D eigenvalue weighted by Gasteiger charge is -2.19. The Morgan fingerprint density at radius 2 is 2.04 bits per heavy atom. The Bertz CT molecular complexity index is 990. The molecule has 142 valence electrons. The van der Waals surface area contributed by atoms with E-state index in [1.165, 1.54) is 6.08 Å². The molecule has 0 N–H and O–H groups in total.